The maximum atomic E-state index is 15.3. The molecule has 1 unspecified atom stereocenters. The molecular weight excluding hydrogens is 405 g/mol. The summed E-state index contributed by atoms with van der Waals surface area (Å²) < 4.78 is 27.1. The second-order valence-electron chi connectivity index (χ2n) is 8.31. The zero-order chi connectivity index (χ0) is 23.1. The fourth-order valence-electron chi connectivity index (χ4n) is 3.70. The Kier molecular flexibility index (Phi) is 5.77. The van der Waals surface area contributed by atoms with Gasteiger partial charge in [0.05, 0.1) is 23.6 Å². The Hall–Kier alpha value is -3.41. The molecule has 0 spiro atoms. The van der Waals surface area contributed by atoms with E-state index in [2.05, 4.69) is 0 Å². The average Bonchev–Trinajstić information content (AvgIpc) is 2.67. The number of aromatic nitrogens is 1. The summed E-state index contributed by atoms with van der Waals surface area (Å²) in [7, 11) is 1.75. The molecule has 0 aliphatic carbocycles. The number of ether oxygens (including phenoxy) is 2. The number of hydrogen-bond donors (Lipinski definition) is 0. The molecule has 2 aromatic rings. The van der Waals surface area contributed by atoms with E-state index in [1.807, 2.05) is 6.07 Å². The molecule has 0 N–H and O–H groups in total. The first kappa shape index (κ1) is 22.3. The number of halogens is 1. The lowest BCUT2D eigenvalue weighted by Crippen LogP contribution is -2.39. The van der Waals surface area contributed by atoms with Gasteiger partial charge in [0, 0.05) is 25.4 Å². The van der Waals surface area contributed by atoms with E-state index in [-0.39, 0.29) is 23.1 Å². The van der Waals surface area contributed by atoms with Crippen molar-refractivity contribution in [2.24, 2.45) is 0 Å². The Morgan fingerprint density at radius 3 is 2.61 bits per heavy atom. The molecule has 1 aromatic carbocycles. The monoisotopic (exact) mass is 429 g/mol. The van der Waals surface area contributed by atoms with E-state index in [4.69, 9.17) is 9.47 Å². The summed E-state index contributed by atoms with van der Waals surface area (Å²) >= 11 is 0. The Labute approximate surface area is 178 Å². The number of likely N-dealkylation sites (N-methyl/N-ethyl adjacent to an activating group) is 1. The number of benzene rings is 1. The lowest BCUT2D eigenvalue weighted by Gasteiger charge is -2.32. The van der Waals surface area contributed by atoms with Crippen molar-refractivity contribution in [3.05, 3.63) is 45.0 Å². The summed E-state index contributed by atoms with van der Waals surface area (Å²) in [5.74, 6) is -4.02. The van der Waals surface area contributed by atoms with E-state index in [0.717, 1.165) is 6.07 Å². The zero-order valence-corrected chi connectivity index (χ0v) is 18.1. The molecule has 31 heavy (non-hydrogen) atoms. The smallest absolute Gasteiger partial charge is 0.343 e. The molecule has 0 radical (unpaired) electrons. The molecule has 1 aliphatic heterocycles. The molecule has 0 bridgehead atoms. The third-order valence-electron chi connectivity index (χ3n) is 4.97. The molecule has 1 aliphatic rings. The van der Waals surface area contributed by atoms with Gasteiger partial charge in [0.1, 0.15) is 17.0 Å². The van der Waals surface area contributed by atoms with Crippen molar-refractivity contribution in [3.63, 3.8) is 0 Å². The van der Waals surface area contributed by atoms with Gasteiger partial charge >= 0.3 is 11.9 Å². The molecule has 0 saturated heterocycles. The number of esters is 2. The van der Waals surface area contributed by atoms with Crippen molar-refractivity contribution in [3.8, 4) is 6.07 Å². The van der Waals surface area contributed by atoms with Gasteiger partial charge in [0.2, 0.25) is 5.43 Å². The highest BCUT2D eigenvalue weighted by atomic mass is 19.1. The topological polar surface area (TPSA) is 102 Å². The number of carbonyl (C=O) groups excluding carboxylic acids is 2. The standard InChI is InChI=1S/C22H24FN3O5/c1-6-30-20(28)15-11-26-18-12(7-8-25(26)5)17(16(23)9-13(18)19(15)27)14(10-24)21(29)31-22(2,3)4/h9,11,14H,6-8H2,1-5H3. The summed E-state index contributed by atoms with van der Waals surface area (Å²) in [4.78, 5) is 37.9. The van der Waals surface area contributed by atoms with Crippen LogP contribution >= 0.6 is 0 Å². The molecule has 0 saturated carbocycles. The summed E-state index contributed by atoms with van der Waals surface area (Å²) in [6.07, 6.45) is 1.65. The minimum Gasteiger partial charge on any atom is -0.462 e. The average molecular weight is 429 g/mol. The normalized spacial score (nSPS) is 14.2. The van der Waals surface area contributed by atoms with Crippen LogP contribution in [0.1, 0.15) is 55.1 Å². The highest BCUT2D eigenvalue weighted by Gasteiger charge is 2.34. The van der Waals surface area contributed by atoms with Crippen molar-refractivity contribution in [2.75, 3.05) is 25.2 Å². The third kappa shape index (κ3) is 3.98. The van der Waals surface area contributed by atoms with Crippen LogP contribution in [0, 0.1) is 17.1 Å². The van der Waals surface area contributed by atoms with Crippen molar-refractivity contribution in [1.82, 2.24) is 4.68 Å². The van der Waals surface area contributed by atoms with Gasteiger partial charge in [-0.2, -0.15) is 5.26 Å². The van der Waals surface area contributed by atoms with Crippen LogP contribution < -0.4 is 10.4 Å². The van der Waals surface area contributed by atoms with Gasteiger partial charge in [-0.3, -0.25) is 14.3 Å². The van der Waals surface area contributed by atoms with E-state index in [0.29, 0.717) is 24.0 Å². The molecule has 8 nitrogen and oxygen atoms in total. The SMILES string of the molecule is CCOC(=O)c1cn2c3c(c(C(C#N)C(=O)OC(C)(C)C)c(F)cc3c1=O)CCN2C. The number of pyridine rings is 1. The van der Waals surface area contributed by atoms with E-state index in [1.165, 1.54) is 6.20 Å². The minimum absolute atomic E-state index is 0.0192. The van der Waals surface area contributed by atoms with Gasteiger partial charge < -0.3 is 14.5 Å². The largest absolute Gasteiger partial charge is 0.462 e. The first-order valence-corrected chi connectivity index (χ1v) is 9.91. The molecular formula is C22H24FN3O5. The number of carbonyl (C=O) groups is 2. The Bertz CT molecular complexity index is 1170. The predicted molar refractivity (Wildman–Crippen MR) is 111 cm³/mol. The second-order valence-corrected chi connectivity index (χ2v) is 8.31. The van der Waals surface area contributed by atoms with Crippen LogP contribution in [0.5, 0.6) is 0 Å². The molecule has 1 aromatic heterocycles. The Morgan fingerprint density at radius 1 is 1.35 bits per heavy atom. The quantitative estimate of drug-likeness (QED) is 0.688. The maximum absolute atomic E-state index is 15.3. The number of rotatable bonds is 4. The molecule has 1 atom stereocenters. The van der Waals surface area contributed by atoms with Crippen LogP contribution in [0.3, 0.4) is 0 Å². The minimum atomic E-state index is -1.49. The Balaban J connectivity index is 2.31. The molecule has 9 heteroatoms. The number of hydrogen-bond acceptors (Lipinski definition) is 7. The zero-order valence-electron chi connectivity index (χ0n) is 18.1. The lowest BCUT2D eigenvalue weighted by atomic mass is 9.89. The number of nitrogens with zero attached hydrogens (tertiary/aromatic N) is 3. The van der Waals surface area contributed by atoms with Crippen molar-refractivity contribution >= 4 is 22.8 Å². The molecule has 164 valence electrons. The van der Waals surface area contributed by atoms with Crippen LogP contribution in [0.15, 0.2) is 17.1 Å². The molecule has 3 rings (SSSR count). The van der Waals surface area contributed by atoms with E-state index < -0.39 is 34.7 Å². The maximum Gasteiger partial charge on any atom is 0.343 e. The fourth-order valence-corrected chi connectivity index (χ4v) is 3.70. The lowest BCUT2D eigenvalue weighted by molar-refractivity contribution is -0.155. The predicted octanol–water partition coefficient (Wildman–Crippen LogP) is 2.39. The Morgan fingerprint density at radius 2 is 2.03 bits per heavy atom. The summed E-state index contributed by atoms with van der Waals surface area (Å²) in [5.41, 5.74) is -1.12. The van der Waals surface area contributed by atoms with Crippen molar-refractivity contribution < 1.29 is 23.5 Å². The van der Waals surface area contributed by atoms with E-state index in [1.54, 1.807) is 44.4 Å². The van der Waals surface area contributed by atoms with Gasteiger partial charge in [-0.05, 0) is 45.7 Å². The summed E-state index contributed by atoms with van der Waals surface area (Å²) in [6.45, 7) is 7.09. The van der Waals surface area contributed by atoms with Gasteiger partial charge in [-0.25, -0.2) is 9.18 Å². The van der Waals surface area contributed by atoms with E-state index in [9.17, 15) is 19.6 Å². The first-order chi connectivity index (χ1) is 14.5. The first-order valence-electron chi connectivity index (χ1n) is 9.91. The van der Waals surface area contributed by atoms with Gasteiger partial charge in [-0.1, -0.05) is 0 Å². The molecule has 2 heterocycles. The van der Waals surface area contributed by atoms with Crippen LogP contribution in [0.25, 0.3) is 10.9 Å². The van der Waals surface area contributed by atoms with Gasteiger partial charge in [0.25, 0.3) is 0 Å². The van der Waals surface area contributed by atoms with Crippen LogP contribution in [-0.2, 0) is 20.7 Å². The van der Waals surface area contributed by atoms with Crippen LogP contribution in [-0.4, -0.2) is 42.4 Å². The van der Waals surface area contributed by atoms with Gasteiger partial charge in [-0.15, -0.1) is 0 Å². The summed E-state index contributed by atoms with van der Waals surface area (Å²) in [6, 6.07) is 2.82. The van der Waals surface area contributed by atoms with Crippen molar-refractivity contribution in [1.29, 1.82) is 5.26 Å². The molecule has 0 amide bonds. The highest BCUT2D eigenvalue weighted by molar-refractivity contribution is 5.96. The molecule has 0 fully saturated rings. The fraction of sp³-hybridized carbons (Fsp3) is 0.455. The number of nitriles is 1. The van der Waals surface area contributed by atoms with Crippen molar-refractivity contribution in [2.45, 2.75) is 45.6 Å². The van der Waals surface area contributed by atoms with Gasteiger partial charge in [0.15, 0.2) is 5.92 Å². The van der Waals surface area contributed by atoms with E-state index >= 15 is 4.39 Å². The van der Waals surface area contributed by atoms with Crippen LogP contribution in [0.2, 0.25) is 0 Å². The third-order valence-corrected chi connectivity index (χ3v) is 4.97. The summed E-state index contributed by atoms with van der Waals surface area (Å²) in [5, 5.41) is 11.4. The van der Waals surface area contributed by atoms with Crippen LogP contribution in [0.4, 0.5) is 4.39 Å². The second kappa shape index (κ2) is 8.02. The highest BCUT2D eigenvalue weighted by Crippen LogP contribution is 2.33.